The summed E-state index contributed by atoms with van der Waals surface area (Å²) in [6.45, 7) is 3.65. The Morgan fingerprint density at radius 2 is 2.03 bits per heavy atom. The van der Waals surface area contributed by atoms with Crippen LogP contribution in [0.25, 0.3) is 0 Å². The zero-order valence-corrected chi connectivity index (χ0v) is 19.4. The second-order valence-electron chi connectivity index (χ2n) is 9.34. The van der Waals surface area contributed by atoms with Crippen LogP contribution in [0.3, 0.4) is 0 Å². The lowest BCUT2D eigenvalue weighted by Gasteiger charge is -2.39. The molecular formula is C22H29FN4O5S. The average molecular weight is 481 g/mol. The summed E-state index contributed by atoms with van der Waals surface area (Å²) in [6.07, 6.45) is 4.42. The Labute approximate surface area is 192 Å². The number of amides is 2. The number of β-amino-alcohol motifs (C(OH)–C–C–N with tert-alkyl or cyclic N) is 1. The number of benzene rings is 1. The third-order valence-electron chi connectivity index (χ3n) is 6.14. The smallest absolute Gasteiger partial charge is 0.332 e. The van der Waals surface area contributed by atoms with E-state index in [1.165, 1.54) is 38.3 Å². The van der Waals surface area contributed by atoms with Gasteiger partial charge in [-0.1, -0.05) is 19.3 Å². The maximum absolute atomic E-state index is 14.4. The molecule has 1 unspecified atom stereocenters. The van der Waals surface area contributed by atoms with E-state index in [0.717, 1.165) is 19.3 Å². The summed E-state index contributed by atoms with van der Waals surface area (Å²) in [7, 11) is -3.86. The number of aliphatic hydroxyl groups excluding tert-OH is 1. The molecule has 180 valence electrons. The third kappa shape index (κ3) is 5.15. The van der Waals surface area contributed by atoms with Crippen molar-refractivity contribution in [2.75, 3.05) is 23.3 Å². The molecular weight excluding hydrogens is 451 g/mol. The van der Waals surface area contributed by atoms with Crippen LogP contribution in [-0.4, -0.2) is 39.6 Å². The van der Waals surface area contributed by atoms with E-state index in [1.54, 1.807) is 4.90 Å². The molecule has 2 aliphatic rings. The lowest BCUT2D eigenvalue weighted by molar-refractivity contribution is 0.0779. The van der Waals surface area contributed by atoms with Crippen LogP contribution in [0.2, 0.25) is 0 Å². The van der Waals surface area contributed by atoms with Crippen molar-refractivity contribution in [2.24, 2.45) is 5.92 Å². The molecule has 5 N–H and O–H groups in total. The van der Waals surface area contributed by atoms with Gasteiger partial charge in [0.05, 0.1) is 29.3 Å². The fourth-order valence-corrected chi connectivity index (χ4v) is 4.86. The van der Waals surface area contributed by atoms with E-state index in [2.05, 4.69) is 10.0 Å². The highest BCUT2D eigenvalue weighted by Crippen LogP contribution is 2.38. The predicted molar refractivity (Wildman–Crippen MR) is 121 cm³/mol. The Bertz CT molecular complexity index is 1150. The minimum Gasteiger partial charge on any atom is -0.452 e. The highest BCUT2D eigenvalue weighted by Gasteiger charge is 2.30. The van der Waals surface area contributed by atoms with E-state index in [4.69, 9.17) is 9.20 Å². The molecule has 2 heterocycles. The number of carbonyl (C=O) groups excluding carboxylic acids is 1. The van der Waals surface area contributed by atoms with Crippen LogP contribution in [0.15, 0.2) is 34.0 Å². The number of aliphatic hydroxyl groups is 2. The summed E-state index contributed by atoms with van der Waals surface area (Å²) >= 11 is 0. The largest absolute Gasteiger partial charge is 0.452 e. The average Bonchev–Trinajstić information content (AvgIpc) is 3.15. The first-order valence-electron chi connectivity index (χ1n) is 10.9. The molecule has 1 saturated carbocycles. The number of halogens is 1. The molecule has 0 spiro atoms. The molecule has 1 aliphatic carbocycles. The van der Waals surface area contributed by atoms with Gasteiger partial charge in [-0.3, -0.25) is 0 Å². The molecule has 1 aliphatic heterocycles. The summed E-state index contributed by atoms with van der Waals surface area (Å²) in [4.78, 5) is 14.5. The lowest BCUT2D eigenvalue weighted by atomic mass is 9.80. The highest BCUT2D eigenvalue weighted by atomic mass is 32.2. The topological polar surface area (TPSA) is 139 Å². The number of nitrogens with one attached hydrogen (secondary N) is 3. The zero-order valence-electron chi connectivity index (χ0n) is 18.6. The molecule has 2 fully saturated rings. The normalized spacial score (nSPS) is 18.9. The number of urea groups is 1. The van der Waals surface area contributed by atoms with E-state index < -0.39 is 33.5 Å². The maximum atomic E-state index is 14.4. The van der Waals surface area contributed by atoms with Crippen LogP contribution in [0.4, 0.5) is 20.6 Å². The van der Waals surface area contributed by atoms with Gasteiger partial charge in [0.2, 0.25) is 5.09 Å². The number of rotatable bonds is 7. The molecule has 0 bridgehead atoms. The molecule has 1 aromatic heterocycles. The maximum Gasteiger partial charge on any atom is 0.332 e. The van der Waals surface area contributed by atoms with Crippen LogP contribution >= 0.6 is 0 Å². The van der Waals surface area contributed by atoms with E-state index in [9.17, 15) is 23.6 Å². The Morgan fingerprint density at radius 3 is 2.58 bits per heavy atom. The first-order chi connectivity index (χ1) is 15.4. The number of furan rings is 1. The van der Waals surface area contributed by atoms with Crippen LogP contribution in [0, 0.1) is 16.5 Å². The Kier molecular flexibility index (Phi) is 6.14. The standard InChI is InChI=1S/C22H29FN4O5S/c1-22(2,30)15-8-19(32-12-15)33(24,31)26-21(29)25-20-14(6-13-4-3-5-13)7-16(23)9-18(20)27-10-17(28)11-27/h7-9,12-13,17,28,30H,3-6,10-11H2,1-2H3,(H3,24,25,26,29,31). The van der Waals surface area contributed by atoms with Crippen LogP contribution in [0.5, 0.6) is 0 Å². The molecule has 1 aromatic carbocycles. The van der Waals surface area contributed by atoms with Crippen molar-refractivity contribution in [1.82, 2.24) is 4.72 Å². The van der Waals surface area contributed by atoms with Crippen LogP contribution in [-0.2, 0) is 21.9 Å². The lowest BCUT2D eigenvalue weighted by Crippen LogP contribution is -2.51. The summed E-state index contributed by atoms with van der Waals surface area (Å²) in [5.74, 6) is -0.0419. The summed E-state index contributed by atoms with van der Waals surface area (Å²) in [5.41, 5.74) is 0.480. The molecule has 2 aromatic rings. The minimum atomic E-state index is -3.86. The van der Waals surface area contributed by atoms with Gasteiger partial charge in [0.15, 0.2) is 9.92 Å². The van der Waals surface area contributed by atoms with Gasteiger partial charge in [0.1, 0.15) is 5.82 Å². The second-order valence-corrected chi connectivity index (χ2v) is 11.1. The van der Waals surface area contributed by atoms with Gasteiger partial charge in [-0.15, -0.1) is 0 Å². The van der Waals surface area contributed by atoms with Crippen LogP contribution < -0.4 is 14.9 Å². The number of hydrogen-bond acceptors (Lipinski definition) is 7. The molecule has 0 radical (unpaired) electrons. The molecule has 1 saturated heterocycles. The number of carbonyl (C=O) groups is 1. The van der Waals surface area contributed by atoms with Gasteiger partial charge < -0.3 is 24.8 Å². The predicted octanol–water partition coefficient (Wildman–Crippen LogP) is 3.31. The first-order valence-corrected chi connectivity index (χ1v) is 12.4. The van der Waals surface area contributed by atoms with Crippen molar-refractivity contribution in [3.05, 3.63) is 41.4 Å². The monoisotopic (exact) mass is 480 g/mol. The first kappa shape index (κ1) is 23.5. The Hall–Kier alpha value is -2.63. The molecule has 11 heteroatoms. The van der Waals surface area contributed by atoms with Crippen molar-refractivity contribution in [3.8, 4) is 0 Å². The SMILES string of the molecule is CC(C)(O)c1coc(S(=N)(=O)NC(=O)Nc2c(CC3CCC3)cc(F)cc2N2CC(O)C2)c1. The van der Waals surface area contributed by atoms with Gasteiger partial charge in [-0.05, 0) is 43.9 Å². The van der Waals surface area contributed by atoms with Gasteiger partial charge in [0, 0.05) is 24.7 Å². The van der Waals surface area contributed by atoms with Crippen molar-refractivity contribution < 1.29 is 28.0 Å². The van der Waals surface area contributed by atoms with Crippen molar-refractivity contribution in [3.63, 3.8) is 0 Å². The Morgan fingerprint density at radius 1 is 1.33 bits per heavy atom. The second kappa shape index (κ2) is 8.62. The van der Waals surface area contributed by atoms with E-state index in [0.29, 0.717) is 47.9 Å². The quantitative estimate of drug-likeness (QED) is 0.412. The Balaban J connectivity index is 1.57. The summed E-state index contributed by atoms with van der Waals surface area (Å²) in [5, 5.41) is 22.1. The van der Waals surface area contributed by atoms with E-state index in [-0.39, 0.29) is 5.09 Å². The van der Waals surface area contributed by atoms with Crippen molar-refractivity contribution >= 4 is 27.3 Å². The minimum absolute atomic E-state index is 0.297. The van der Waals surface area contributed by atoms with E-state index in [1.807, 2.05) is 0 Å². The van der Waals surface area contributed by atoms with Crippen LogP contribution in [0.1, 0.15) is 44.2 Å². The summed E-state index contributed by atoms with van der Waals surface area (Å²) in [6, 6.07) is 3.04. The fourth-order valence-electron chi connectivity index (χ4n) is 3.97. The third-order valence-corrected chi connectivity index (χ3v) is 7.39. The molecule has 2 amide bonds. The molecule has 4 rings (SSSR count). The molecule has 1 atom stereocenters. The number of anilines is 2. The fraction of sp³-hybridized carbons (Fsp3) is 0.500. The van der Waals surface area contributed by atoms with Crippen molar-refractivity contribution in [1.29, 1.82) is 4.78 Å². The van der Waals surface area contributed by atoms with Gasteiger partial charge in [-0.2, -0.15) is 0 Å². The van der Waals surface area contributed by atoms with Gasteiger partial charge in [-0.25, -0.2) is 22.9 Å². The molecule has 9 nitrogen and oxygen atoms in total. The van der Waals surface area contributed by atoms with Gasteiger partial charge in [0.25, 0.3) is 0 Å². The zero-order chi connectivity index (χ0) is 24.0. The molecule has 33 heavy (non-hydrogen) atoms. The highest BCUT2D eigenvalue weighted by molar-refractivity contribution is 7.91. The van der Waals surface area contributed by atoms with E-state index >= 15 is 0 Å². The summed E-state index contributed by atoms with van der Waals surface area (Å²) < 4.78 is 42.7. The van der Waals surface area contributed by atoms with Crippen molar-refractivity contribution in [2.45, 2.75) is 56.3 Å². The number of nitrogens with zero attached hydrogens (tertiary/aromatic N) is 1. The van der Waals surface area contributed by atoms with Gasteiger partial charge >= 0.3 is 6.03 Å². The number of hydrogen-bond donors (Lipinski definition) is 5.